The highest BCUT2D eigenvalue weighted by molar-refractivity contribution is 5.78. The van der Waals surface area contributed by atoms with Crippen LogP contribution in [0.4, 0.5) is 0 Å². The third-order valence-corrected chi connectivity index (χ3v) is 4.76. The Labute approximate surface area is 132 Å². The van der Waals surface area contributed by atoms with Gasteiger partial charge < -0.3 is 9.64 Å². The summed E-state index contributed by atoms with van der Waals surface area (Å²) in [5, 5.41) is 4.26. The average molecular weight is 306 g/mol. The molecule has 122 valence electrons. The molecule has 2 aliphatic heterocycles. The Morgan fingerprint density at radius 2 is 2.32 bits per heavy atom. The minimum absolute atomic E-state index is 0.199. The number of hydrogen-bond acceptors (Lipinski definition) is 4. The summed E-state index contributed by atoms with van der Waals surface area (Å²) in [6, 6.07) is 0.334. The number of likely N-dealkylation sites (tertiary alicyclic amines) is 1. The molecule has 0 aromatic carbocycles. The van der Waals surface area contributed by atoms with E-state index in [0.717, 1.165) is 38.9 Å². The van der Waals surface area contributed by atoms with E-state index in [9.17, 15) is 4.79 Å². The standard InChI is InChI=1S/C16H26N4O2/c1-3-14-11-20(7-8-22-14)16(21)12-19-6-4-5-15(19)13-9-17-18(2)10-13/h9-10,14-15H,3-8,11-12H2,1-2H3/t14-,15-/m1/s1. The minimum atomic E-state index is 0.199. The first kappa shape index (κ1) is 15.5. The van der Waals surface area contributed by atoms with Crippen LogP contribution in [0, 0.1) is 0 Å². The quantitative estimate of drug-likeness (QED) is 0.838. The highest BCUT2D eigenvalue weighted by Gasteiger charge is 2.31. The predicted octanol–water partition coefficient (Wildman–Crippen LogP) is 1.19. The molecule has 2 fully saturated rings. The van der Waals surface area contributed by atoms with E-state index in [-0.39, 0.29) is 12.0 Å². The zero-order valence-electron chi connectivity index (χ0n) is 13.6. The van der Waals surface area contributed by atoms with Gasteiger partial charge in [0.25, 0.3) is 0 Å². The predicted molar refractivity (Wildman–Crippen MR) is 83.4 cm³/mol. The van der Waals surface area contributed by atoms with Crippen LogP contribution >= 0.6 is 0 Å². The van der Waals surface area contributed by atoms with E-state index in [1.165, 1.54) is 5.56 Å². The Bertz CT molecular complexity index is 516. The molecule has 2 saturated heterocycles. The van der Waals surface area contributed by atoms with Gasteiger partial charge in [0.05, 0.1) is 25.5 Å². The Kier molecular flexibility index (Phi) is 4.78. The van der Waals surface area contributed by atoms with E-state index in [1.807, 2.05) is 22.8 Å². The number of carbonyl (C=O) groups excluding carboxylic acids is 1. The second-order valence-corrected chi connectivity index (χ2v) is 6.32. The van der Waals surface area contributed by atoms with Gasteiger partial charge in [0, 0.05) is 37.9 Å². The van der Waals surface area contributed by atoms with Crippen LogP contribution in [0.1, 0.15) is 37.8 Å². The van der Waals surface area contributed by atoms with Gasteiger partial charge in [-0.1, -0.05) is 6.92 Å². The second kappa shape index (κ2) is 6.79. The first-order chi connectivity index (χ1) is 10.7. The molecule has 1 amide bonds. The van der Waals surface area contributed by atoms with Crippen LogP contribution in [0.3, 0.4) is 0 Å². The van der Waals surface area contributed by atoms with Crippen molar-refractivity contribution in [2.45, 2.75) is 38.3 Å². The van der Waals surface area contributed by atoms with Gasteiger partial charge in [0.15, 0.2) is 0 Å². The molecule has 2 atom stereocenters. The van der Waals surface area contributed by atoms with E-state index >= 15 is 0 Å². The fourth-order valence-corrected chi connectivity index (χ4v) is 3.47. The summed E-state index contributed by atoms with van der Waals surface area (Å²) in [6.45, 7) is 5.73. The van der Waals surface area contributed by atoms with E-state index in [4.69, 9.17) is 4.74 Å². The summed E-state index contributed by atoms with van der Waals surface area (Å²) < 4.78 is 7.49. The molecule has 2 aliphatic rings. The van der Waals surface area contributed by atoms with E-state index in [1.54, 1.807) is 0 Å². The number of aromatic nitrogens is 2. The normalized spacial score (nSPS) is 26.5. The van der Waals surface area contributed by atoms with E-state index in [2.05, 4.69) is 23.1 Å². The van der Waals surface area contributed by atoms with Crippen molar-refractivity contribution in [1.29, 1.82) is 0 Å². The van der Waals surface area contributed by atoms with Crippen molar-refractivity contribution in [3.8, 4) is 0 Å². The number of aryl methyl sites for hydroxylation is 1. The molecule has 6 heteroatoms. The molecule has 0 aliphatic carbocycles. The molecule has 3 rings (SSSR count). The molecule has 0 radical (unpaired) electrons. The summed E-state index contributed by atoms with van der Waals surface area (Å²) in [7, 11) is 1.94. The zero-order valence-corrected chi connectivity index (χ0v) is 13.6. The Balaban J connectivity index is 1.60. The van der Waals surface area contributed by atoms with E-state index < -0.39 is 0 Å². The molecule has 1 aromatic heterocycles. The SMILES string of the molecule is CC[C@@H]1CN(C(=O)CN2CCC[C@@H]2c2cnn(C)c2)CCO1. The highest BCUT2D eigenvalue weighted by atomic mass is 16.5. The monoisotopic (exact) mass is 306 g/mol. The molecular formula is C16H26N4O2. The number of ether oxygens (including phenoxy) is 1. The molecule has 0 N–H and O–H groups in total. The Morgan fingerprint density at radius 1 is 1.45 bits per heavy atom. The van der Waals surface area contributed by atoms with Gasteiger partial charge in [-0.3, -0.25) is 14.4 Å². The average Bonchev–Trinajstić information content (AvgIpc) is 3.16. The molecule has 0 saturated carbocycles. The zero-order chi connectivity index (χ0) is 15.5. The summed E-state index contributed by atoms with van der Waals surface area (Å²) in [6.07, 6.45) is 7.41. The summed E-state index contributed by atoms with van der Waals surface area (Å²) in [4.78, 5) is 16.9. The minimum Gasteiger partial charge on any atom is -0.375 e. The fraction of sp³-hybridized carbons (Fsp3) is 0.750. The van der Waals surface area contributed by atoms with Crippen molar-refractivity contribution in [2.75, 3.05) is 32.8 Å². The second-order valence-electron chi connectivity index (χ2n) is 6.32. The maximum absolute atomic E-state index is 12.6. The number of morpholine rings is 1. The Hall–Kier alpha value is -1.40. The van der Waals surface area contributed by atoms with Crippen molar-refractivity contribution >= 4 is 5.91 Å². The summed E-state index contributed by atoms with van der Waals surface area (Å²) in [5.41, 5.74) is 1.22. The highest BCUT2D eigenvalue weighted by Crippen LogP contribution is 2.31. The van der Waals surface area contributed by atoms with Crippen molar-refractivity contribution in [1.82, 2.24) is 19.6 Å². The van der Waals surface area contributed by atoms with Gasteiger partial charge in [-0.15, -0.1) is 0 Å². The molecule has 0 spiro atoms. The van der Waals surface area contributed by atoms with Crippen LogP contribution in [0.5, 0.6) is 0 Å². The van der Waals surface area contributed by atoms with Crippen LogP contribution in [0.15, 0.2) is 12.4 Å². The van der Waals surface area contributed by atoms with Crippen molar-refractivity contribution < 1.29 is 9.53 Å². The van der Waals surface area contributed by atoms with Gasteiger partial charge >= 0.3 is 0 Å². The van der Waals surface area contributed by atoms with Gasteiger partial charge in [-0.2, -0.15) is 5.10 Å². The smallest absolute Gasteiger partial charge is 0.236 e. The fourth-order valence-electron chi connectivity index (χ4n) is 3.47. The lowest BCUT2D eigenvalue weighted by Gasteiger charge is -2.34. The maximum Gasteiger partial charge on any atom is 0.236 e. The molecule has 6 nitrogen and oxygen atoms in total. The molecule has 3 heterocycles. The van der Waals surface area contributed by atoms with E-state index in [0.29, 0.717) is 19.2 Å². The lowest BCUT2D eigenvalue weighted by molar-refractivity contribution is -0.140. The summed E-state index contributed by atoms with van der Waals surface area (Å²) in [5.74, 6) is 0.234. The van der Waals surface area contributed by atoms with Crippen LogP contribution in [-0.4, -0.2) is 64.4 Å². The third kappa shape index (κ3) is 3.33. The number of amides is 1. The summed E-state index contributed by atoms with van der Waals surface area (Å²) >= 11 is 0. The topological polar surface area (TPSA) is 50.6 Å². The molecular weight excluding hydrogens is 280 g/mol. The van der Waals surface area contributed by atoms with Gasteiger partial charge in [-0.05, 0) is 25.8 Å². The molecule has 1 aromatic rings. The first-order valence-corrected chi connectivity index (χ1v) is 8.29. The van der Waals surface area contributed by atoms with Crippen molar-refractivity contribution in [2.24, 2.45) is 7.05 Å². The molecule has 0 bridgehead atoms. The van der Waals surface area contributed by atoms with Gasteiger partial charge in [-0.25, -0.2) is 0 Å². The van der Waals surface area contributed by atoms with Crippen molar-refractivity contribution in [3.05, 3.63) is 18.0 Å². The Morgan fingerprint density at radius 3 is 3.05 bits per heavy atom. The van der Waals surface area contributed by atoms with Gasteiger partial charge in [0.2, 0.25) is 5.91 Å². The lowest BCUT2D eigenvalue weighted by Crippen LogP contribution is -2.48. The lowest BCUT2D eigenvalue weighted by atomic mass is 10.1. The number of carbonyl (C=O) groups is 1. The van der Waals surface area contributed by atoms with Crippen LogP contribution in [0.25, 0.3) is 0 Å². The largest absolute Gasteiger partial charge is 0.375 e. The van der Waals surface area contributed by atoms with Crippen molar-refractivity contribution in [3.63, 3.8) is 0 Å². The number of nitrogens with zero attached hydrogens (tertiary/aromatic N) is 4. The first-order valence-electron chi connectivity index (χ1n) is 8.29. The number of hydrogen-bond donors (Lipinski definition) is 0. The number of rotatable bonds is 4. The molecule has 0 unspecified atom stereocenters. The van der Waals surface area contributed by atoms with Crippen LogP contribution in [-0.2, 0) is 16.6 Å². The van der Waals surface area contributed by atoms with Gasteiger partial charge in [0.1, 0.15) is 0 Å². The molecule has 22 heavy (non-hydrogen) atoms. The third-order valence-electron chi connectivity index (χ3n) is 4.76. The maximum atomic E-state index is 12.6. The van der Waals surface area contributed by atoms with Crippen LogP contribution < -0.4 is 0 Å². The van der Waals surface area contributed by atoms with Crippen LogP contribution in [0.2, 0.25) is 0 Å².